The highest BCUT2D eigenvalue weighted by Crippen LogP contribution is 2.31. The van der Waals surface area contributed by atoms with Gasteiger partial charge in [0.25, 0.3) is 0 Å². The number of thiazole rings is 1. The largest absolute Gasteiger partial charge is 0.247 e. The van der Waals surface area contributed by atoms with Crippen LogP contribution < -0.4 is 0 Å². The Morgan fingerprint density at radius 2 is 2.00 bits per heavy atom. The molecule has 0 aliphatic rings. The van der Waals surface area contributed by atoms with E-state index in [2.05, 4.69) is 51.8 Å². The van der Waals surface area contributed by atoms with Gasteiger partial charge in [-0.05, 0) is 37.6 Å². The zero-order valence-corrected chi connectivity index (χ0v) is 13.7. The molecule has 2 nitrogen and oxygen atoms in total. The topological polar surface area (TPSA) is 25.8 Å². The van der Waals surface area contributed by atoms with Crippen LogP contribution in [0.3, 0.4) is 0 Å². The monoisotopic (exact) mass is 344 g/mol. The maximum absolute atomic E-state index is 4.77. The van der Waals surface area contributed by atoms with Crippen molar-refractivity contribution >= 4 is 44.2 Å². The number of benzene rings is 1. The smallest absolute Gasteiger partial charge is 0.0904 e. The molecule has 3 aromatic rings. The Morgan fingerprint density at radius 3 is 2.65 bits per heavy atom. The van der Waals surface area contributed by atoms with E-state index in [1.54, 1.807) is 11.3 Å². The normalized spacial score (nSPS) is 10.9. The zero-order valence-electron chi connectivity index (χ0n) is 11.3. The third-order valence-electron chi connectivity index (χ3n) is 3.16. The summed E-state index contributed by atoms with van der Waals surface area (Å²) < 4.78 is 1.04. The van der Waals surface area contributed by atoms with Crippen molar-refractivity contribution in [1.29, 1.82) is 0 Å². The summed E-state index contributed by atoms with van der Waals surface area (Å²) in [5, 5.41) is 2.19. The van der Waals surface area contributed by atoms with Crippen LogP contribution in [-0.4, -0.2) is 9.97 Å². The highest BCUT2D eigenvalue weighted by Gasteiger charge is 2.10. The number of aryl methyl sites for hydroxylation is 2. The average Bonchev–Trinajstić information content (AvgIpc) is 2.76. The van der Waals surface area contributed by atoms with E-state index < -0.39 is 0 Å². The molecular weight excluding hydrogens is 332 g/mol. The summed E-state index contributed by atoms with van der Waals surface area (Å²) >= 11 is 5.24. The Morgan fingerprint density at radius 1 is 1.20 bits per heavy atom. The quantitative estimate of drug-likeness (QED) is 0.623. The standard InChI is InChI=1S/C16H13BrN2S/c1-4-11-8-15-12(7-13(11)17)5-6-14(19-15)16-9(2)18-10(3)20-16/h4-8H,1H2,2-3H3. The van der Waals surface area contributed by atoms with E-state index in [4.69, 9.17) is 4.98 Å². The first-order valence-corrected chi connectivity index (χ1v) is 7.86. The van der Waals surface area contributed by atoms with Gasteiger partial charge in [0.15, 0.2) is 0 Å². The van der Waals surface area contributed by atoms with Gasteiger partial charge < -0.3 is 0 Å². The van der Waals surface area contributed by atoms with Crippen molar-refractivity contribution in [2.75, 3.05) is 0 Å². The summed E-state index contributed by atoms with van der Waals surface area (Å²) in [5.74, 6) is 0. The fourth-order valence-electron chi connectivity index (χ4n) is 2.21. The molecule has 4 heteroatoms. The van der Waals surface area contributed by atoms with Gasteiger partial charge in [0.2, 0.25) is 0 Å². The summed E-state index contributed by atoms with van der Waals surface area (Å²) in [6.45, 7) is 7.88. The van der Waals surface area contributed by atoms with Gasteiger partial charge in [-0.1, -0.05) is 34.7 Å². The van der Waals surface area contributed by atoms with E-state index in [9.17, 15) is 0 Å². The lowest BCUT2D eigenvalue weighted by Crippen LogP contribution is -1.87. The van der Waals surface area contributed by atoms with Crippen LogP contribution >= 0.6 is 27.3 Å². The average molecular weight is 345 g/mol. The summed E-state index contributed by atoms with van der Waals surface area (Å²) in [4.78, 5) is 10.4. The number of rotatable bonds is 2. The second-order valence-electron chi connectivity index (χ2n) is 4.61. The Hall–Kier alpha value is -1.52. The third-order valence-corrected chi connectivity index (χ3v) is 4.95. The highest BCUT2D eigenvalue weighted by molar-refractivity contribution is 9.10. The van der Waals surface area contributed by atoms with Crippen LogP contribution in [0, 0.1) is 13.8 Å². The molecule has 2 aromatic heterocycles. The van der Waals surface area contributed by atoms with E-state index in [-0.39, 0.29) is 0 Å². The number of nitrogens with zero attached hydrogens (tertiary/aromatic N) is 2. The Kier molecular flexibility index (Phi) is 3.44. The van der Waals surface area contributed by atoms with E-state index in [0.717, 1.165) is 42.2 Å². The van der Waals surface area contributed by atoms with Gasteiger partial charge in [0.1, 0.15) is 0 Å². The number of fused-ring (bicyclic) bond motifs is 1. The lowest BCUT2D eigenvalue weighted by molar-refractivity contribution is 1.20. The van der Waals surface area contributed by atoms with E-state index in [1.807, 2.05) is 19.9 Å². The summed E-state index contributed by atoms with van der Waals surface area (Å²) in [6.07, 6.45) is 1.83. The number of pyridine rings is 1. The molecule has 1 aromatic carbocycles. The first-order chi connectivity index (χ1) is 9.58. The maximum Gasteiger partial charge on any atom is 0.0904 e. The molecule has 0 amide bonds. The molecule has 20 heavy (non-hydrogen) atoms. The summed E-state index contributed by atoms with van der Waals surface area (Å²) in [7, 11) is 0. The minimum atomic E-state index is 0.978. The van der Waals surface area contributed by atoms with Crippen LogP contribution in [0.2, 0.25) is 0 Å². The SMILES string of the molecule is C=Cc1cc2nc(-c3sc(C)nc3C)ccc2cc1Br. The third kappa shape index (κ3) is 2.30. The van der Waals surface area contributed by atoms with Crippen LogP contribution in [0.1, 0.15) is 16.3 Å². The fourth-order valence-corrected chi connectivity index (χ4v) is 3.62. The molecule has 0 fully saturated rings. The molecule has 0 saturated carbocycles. The molecule has 0 aliphatic heterocycles. The van der Waals surface area contributed by atoms with Gasteiger partial charge in [-0.15, -0.1) is 11.3 Å². The molecule has 0 spiro atoms. The maximum atomic E-state index is 4.77. The predicted octanol–water partition coefficient (Wildman–Crippen LogP) is 5.38. The molecule has 3 rings (SSSR count). The Balaban J connectivity index is 2.22. The minimum absolute atomic E-state index is 0.978. The molecule has 100 valence electrons. The van der Waals surface area contributed by atoms with Crippen molar-refractivity contribution in [3.63, 3.8) is 0 Å². The number of hydrogen-bond donors (Lipinski definition) is 0. The van der Waals surface area contributed by atoms with Crippen molar-refractivity contribution in [2.24, 2.45) is 0 Å². The van der Waals surface area contributed by atoms with Crippen LogP contribution in [0.15, 0.2) is 35.3 Å². The molecule has 0 bridgehead atoms. The van der Waals surface area contributed by atoms with E-state index in [1.165, 1.54) is 0 Å². The molecule has 0 radical (unpaired) electrons. The first-order valence-electron chi connectivity index (χ1n) is 6.25. The molecule has 0 N–H and O–H groups in total. The predicted molar refractivity (Wildman–Crippen MR) is 90.1 cm³/mol. The Labute approximate surface area is 130 Å². The van der Waals surface area contributed by atoms with E-state index >= 15 is 0 Å². The number of aromatic nitrogens is 2. The van der Waals surface area contributed by atoms with Gasteiger partial charge in [-0.3, -0.25) is 0 Å². The lowest BCUT2D eigenvalue weighted by Gasteiger charge is -2.05. The van der Waals surface area contributed by atoms with Crippen molar-refractivity contribution in [3.05, 3.63) is 51.6 Å². The number of halogens is 1. The fraction of sp³-hybridized carbons (Fsp3) is 0.125. The van der Waals surface area contributed by atoms with Gasteiger partial charge in [0.05, 0.1) is 26.8 Å². The van der Waals surface area contributed by atoms with Crippen LogP contribution in [0.5, 0.6) is 0 Å². The first kappa shape index (κ1) is 13.5. The van der Waals surface area contributed by atoms with Crippen molar-refractivity contribution < 1.29 is 0 Å². The van der Waals surface area contributed by atoms with Crippen molar-refractivity contribution in [1.82, 2.24) is 9.97 Å². The van der Waals surface area contributed by atoms with Gasteiger partial charge in [0, 0.05) is 9.86 Å². The van der Waals surface area contributed by atoms with Gasteiger partial charge in [-0.2, -0.15) is 0 Å². The van der Waals surface area contributed by atoms with Crippen LogP contribution in [0.25, 0.3) is 27.6 Å². The molecule has 0 aliphatic carbocycles. The van der Waals surface area contributed by atoms with Crippen LogP contribution in [-0.2, 0) is 0 Å². The molecular formula is C16H13BrN2S. The van der Waals surface area contributed by atoms with E-state index in [0.29, 0.717) is 0 Å². The lowest BCUT2D eigenvalue weighted by atomic mass is 10.1. The second-order valence-corrected chi connectivity index (χ2v) is 6.67. The highest BCUT2D eigenvalue weighted by atomic mass is 79.9. The number of hydrogen-bond acceptors (Lipinski definition) is 3. The van der Waals surface area contributed by atoms with Crippen molar-refractivity contribution in [2.45, 2.75) is 13.8 Å². The Bertz CT molecular complexity index is 821. The molecule has 2 heterocycles. The van der Waals surface area contributed by atoms with Crippen LogP contribution in [0.4, 0.5) is 0 Å². The van der Waals surface area contributed by atoms with Gasteiger partial charge >= 0.3 is 0 Å². The summed E-state index contributed by atoms with van der Waals surface area (Å²) in [6, 6.07) is 8.29. The van der Waals surface area contributed by atoms with Gasteiger partial charge in [-0.25, -0.2) is 9.97 Å². The zero-order chi connectivity index (χ0) is 14.3. The molecule has 0 atom stereocenters. The minimum Gasteiger partial charge on any atom is -0.247 e. The summed E-state index contributed by atoms with van der Waals surface area (Å²) in [5.41, 5.74) is 4.06. The van der Waals surface area contributed by atoms with Crippen molar-refractivity contribution in [3.8, 4) is 10.6 Å². The second kappa shape index (κ2) is 5.11. The molecule has 0 saturated heterocycles. The molecule has 0 unspecified atom stereocenters.